The molecule has 0 unspecified atom stereocenters. The van der Waals surface area contributed by atoms with E-state index in [0.29, 0.717) is 23.8 Å². The zero-order valence-electron chi connectivity index (χ0n) is 9.71. The van der Waals surface area contributed by atoms with Crippen LogP contribution in [0.4, 0.5) is 0 Å². The summed E-state index contributed by atoms with van der Waals surface area (Å²) < 4.78 is 12.3. The lowest BCUT2D eigenvalue weighted by Crippen LogP contribution is -2.04. The predicted octanol–water partition coefficient (Wildman–Crippen LogP) is 2.12. The highest BCUT2D eigenvalue weighted by molar-refractivity contribution is 5.93. The summed E-state index contributed by atoms with van der Waals surface area (Å²) in [4.78, 5) is 18.4. The molecule has 3 heterocycles. The Labute approximate surface area is 102 Å². The lowest BCUT2D eigenvalue weighted by Gasteiger charge is -1.97. The fraction of sp³-hybridized carbons (Fsp3) is 0.167. The van der Waals surface area contributed by atoms with Crippen LogP contribution in [0.1, 0.15) is 17.4 Å². The first-order valence-corrected chi connectivity index (χ1v) is 5.56. The van der Waals surface area contributed by atoms with Crippen LogP contribution in [0.2, 0.25) is 0 Å². The molecule has 0 aliphatic heterocycles. The highest BCUT2D eigenvalue weighted by Gasteiger charge is 2.14. The van der Waals surface area contributed by atoms with E-state index in [-0.39, 0.29) is 5.97 Å². The number of nitrogens with zero attached hydrogens (tertiary/aromatic N) is 2. The lowest BCUT2D eigenvalue weighted by molar-refractivity contribution is 0.0520. The number of aromatic nitrogens is 3. The van der Waals surface area contributed by atoms with Crippen LogP contribution in [-0.2, 0) is 4.74 Å². The maximum Gasteiger partial charge on any atom is 0.354 e. The number of hydrogen-bond donors (Lipinski definition) is 1. The summed E-state index contributed by atoms with van der Waals surface area (Å²) >= 11 is 0. The van der Waals surface area contributed by atoms with Crippen LogP contribution in [0.3, 0.4) is 0 Å². The Morgan fingerprint density at radius 3 is 3.11 bits per heavy atom. The predicted molar refractivity (Wildman–Crippen MR) is 63.6 cm³/mol. The third kappa shape index (κ3) is 1.67. The van der Waals surface area contributed by atoms with Gasteiger partial charge >= 0.3 is 5.97 Å². The highest BCUT2D eigenvalue weighted by atomic mass is 16.5. The monoisotopic (exact) mass is 245 g/mol. The minimum atomic E-state index is -0.381. The average molecular weight is 245 g/mol. The van der Waals surface area contributed by atoms with Gasteiger partial charge in [0.2, 0.25) is 5.88 Å². The van der Waals surface area contributed by atoms with Crippen LogP contribution in [-0.4, -0.2) is 27.1 Å². The molecule has 0 aromatic carbocycles. The molecule has 3 aromatic heterocycles. The van der Waals surface area contributed by atoms with E-state index >= 15 is 0 Å². The van der Waals surface area contributed by atoms with Crippen molar-refractivity contribution in [1.82, 2.24) is 14.5 Å². The molecule has 0 saturated carbocycles. The zero-order valence-corrected chi connectivity index (χ0v) is 9.71. The van der Waals surface area contributed by atoms with E-state index in [1.807, 2.05) is 0 Å². The van der Waals surface area contributed by atoms with Gasteiger partial charge in [0, 0.05) is 24.5 Å². The van der Waals surface area contributed by atoms with Gasteiger partial charge in [-0.2, -0.15) is 0 Å². The average Bonchev–Trinajstić information content (AvgIpc) is 3.03. The van der Waals surface area contributed by atoms with Crippen molar-refractivity contribution in [2.75, 3.05) is 6.61 Å². The van der Waals surface area contributed by atoms with Crippen molar-refractivity contribution in [2.45, 2.75) is 6.92 Å². The third-order valence-corrected chi connectivity index (χ3v) is 2.55. The quantitative estimate of drug-likeness (QED) is 0.717. The SMILES string of the molecule is CCOC(=O)c1cc2oc(-n3ccnc3)cc2[nH]1. The largest absolute Gasteiger partial charge is 0.461 e. The molecule has 18 heavy (non-hydrogen) atoms. The number of fused-ring (bicyclic) bond motifs is 1. The van der Waals surface area contributed by atoms with Crippen LogP contribution in [0, 0.1) is 0 Å². The molecule has 0 spiro atoms. The van der Waals surface area contributed by atoms with E-state index in [1.165, 1.54) is 0 Å². The summed E-state index contributed by atoms with van der Waals surface area (Å²) in [6.45, 7) is 2.11. The molecule has 3 aromatic rings. The van der Waals surface area contributed by atoms with Gasteiger partial charge in [-0.3, -0.25) is 4.57 Å². The standard InChI is InChI=1S/C12H11N3O3/c1-2-17-12(16)9-5-10-8(14-9)6-11(18-10)15-4-3-13-7-15/h3-7,14H,2H2,1H3. The normalized spacial score (nSPS) is 10.9. The first-order valence-electron chi connectivity index (χ1n) is 5.56. The van der Waals surface area contributed by atoms with Crippen LogP contribution in [0.5, 0.6) is 0 Å². The summed E-state index contributed by atoms with van der Waals surface area (Å²) in [7, 11) is 0. The van der Waals surface area contributed by atoms with Crippen molar-refractivity contribution in [3.63, 3.8) is 0 Å². The van der Waals surface area contributed by atoms with Gasteiger partial charge in [-0.15, -0.1) is 0 Å². The molecule has 6 heteroatoms. The Morgan fingerprint density at radius 1 is 1.56 bits per heavy atom. The van der Waals surface area contributed by atoms with Gasteiger partial charge < -0.3 is 14.1 Å². The molecular formula is C12H11N3O3. The maximum absolute atomic E-state index is 11.5. The molecule has 3 rings (SSSR count). The Kier molecular flexibility index (Phi) is 2.40. The van der Waals surface area contributed by atoms with Gasteiger partial charge in [-0.25, -0.2) is 9.78 Å². The van der Waals surface area contributed by atoms with Gasteiger partial charge in [0.1, 0.15) is 12.0 Å². The topological polar surface area (TPSA) is 73.0 Å². The summed E-state index contributed by atoms with van der Waals surface area (Å²) in [5.74, 6) is 0.261. The van der Waals surface area contributed by atoms with E-state index in [2.05, 4.69) is 9.97 Å². The second-order valence-electron chi connectivity index (χ2n) is 3.74. The van der Waals surface area contributed by atoms with Crippen molar-refractivity contribution in [3.05, 3.63) is 36.5 Å². The smallest absolute Gasteiger partial charge is 0.354 e. The molecule has 0 radical (unpaired) electrons. The number of aromatic amines is 1. The second-order valence-corrected chi connectivity index (χ2v) is 3.74. The van der Waals surface area contributed by atoms with Gasteiger partial charge in [0.25, 0.3) is 0 Å². The summed E-state index contributed by atoms with van der Waals surface area (Å²) in [6, 6.07) is 3.44. The van der Waals surface area contributed by atoms with Crippen molar-refractivity contribution >= 4 is 17.1 Å². The second kappa shape index (κ2) is 4.06. The molecule has 1 N–H and O–H groups in total. The Bertz CT molecular complexity index is 647. The molecule has 0 aliphatic rings. The fourth-order valence-electron chi connectivity index (χ4n) is 1.74. The van der Waals surface area contributed by atoms with Crippen LogP contribution >= 0.6 is 0 Å². The van der Waals surface area contributed by atoms with Crippen LogP contribution in [0.25, 0.3) is 17.0 Å². The minimum absolute atomic E-state index is 0.347. The highest BCUT2D eigenvalue weighted by Crippen LogP contribution is 2.22. The molecule has 0 aliphatic carbocycles. The number of carbonyl (C=O) groups is 1. The maximum atomic E-state index is 11.5. The number of nitrogens with one attached hydrogen (secondary N) is 1. The molecule has 0 bridgehead atoms. The molecule has 92 valence electrons. The van der Waals surface area contributed by atoms with Crippen LogP contribution < -0.4 is 0 Å². The minimum Gasteiger partial charge on any atom is -0.461 e. The number of furan rings is 1. The number of imidazole rings is 1. The van der Waals surface area contributed by atoms with E-state index in [0.717, 1.165) is 5.52 Å². The Balaban J connectivity index is 1.96. The van der Waals surface area contributed by atoms with Crippen molar-refractivity contribution < 1.29 is 13.9 Å². The first kappa shape index (κ1) is 10.6. The zero-order chi connectivity index (χ0) is 12.5. The van der Waals surface area contributed by atoms with E-state index < -0.39 is 0 Å². The number of hydrogen-bond acceptors (Lipinski definition) is 4. The van der Waals surface area contributed by atoms with Gasteiger partial charge in [-0.1, -0.05) is 0 Å². The molecular weight excluding hydrogens is 234 g/mol. The van der Waals surface area contributed by atoms with Crippen molar-refractivity contribution in [3.8, 4) is 5.88 Å². The lowest BCUT2D eigenvalue weighted by atomic mass is 10.4. The third-order valence-electron chi connectivity index (χ3n) is 2.55. The van der Waals surface area contributed by atoms with Crippen molar-refractivity contribution in [1.29, 1.82) is 0 Å². The van der Waals surface area contributed by atoms with Gasteiger partial charge in [-0.05, 0) is 6.92 Å². The molecule has 0 amide bonds. The molecule has 6 nitrogen and oxygen atoms in total. The number of carbonyl (C=O) groups excluding carboxylic acids is 1. The summed E-state index contributed by atoms with van der Waals surface area (Å²) in [5.41, 5.74) is 1.76. The number of esters is 1. The van der Waals surface area contributed by atoms with E-state index in [4.69, 9.17) is 9.15 Å². The van der Waals surface area contributed by atoms with Crippen molar-refractivity contribution in [2.24, 2.45) is 0 Å². The summed E-state index contributed by atoms with van der Waals surface area (Å²) in [6.07, 6.45) is 5.09. The van der Waals surface area contributed by atoms with E-state index in [9.17, 15) is 4.79 Å². The van der Waals surface area contributed by atoms with E-state index in [1.54, 1.807) is 42.3 Å². The number of H-pyrrole nitrogens is 1. The van der Waals surface area contributed by atoms with Gasteiger partial charge in [0.05, 0.1) is 12.1 Å². The first-order chi connectivity index (χ1) is 8.78. The Hall–Kier alpha value is -2.50. The van der Waals surface area contributed by atoms with Crippen LogP contribution in [0.15, 0.2) is 35.3 Å². The molecule has 0 atom stereocenters. The summed E-state index contributed by atoms with van der Waals surface area (Å²) in [5, 5.41) is 0. The number of ether oxygens (including phenoxy) is 1. The number of rotatable bonds is 3. The Morgan fingerprint density at radius 2 is 2.44 bits per heavy atom. The van der Waals surface area contributed by atoms with Gasteiger partial charge in [0.15, 0.2) is 5.58 Å². The molecule has 0 fully saturated rings. The molecule has 0 saturated heterocycles. The fourth-order valence-corrected chi connectivity index (χ4v) is 1.74.